The van der Waals surface area contributed by atoms with Crippen molar-refractivity contribution in [3.05, 3.63) is 421 Å². The van der Waals surface area contributed by atoms with E-state index in [1.54, 1.807) is 0 Å². The monoisotopic (exact) mass is 1870 g/mol. The molecule has 5 aliphatic rings. The van der Waals surface area contributed by atoms with Crippen LogP contribution in [0.3, 0.4) is 0 Å². The Morgan fingerprint density at radius 2 is 0.652 bits per heavy atom. The van der Waals surface area contributed by atoms with Crippen molar-refractivity contribution in [3.8, 4) is 0 Å². The van der Waals surface area contributed by atoms with E-state index >= 15 is 0 Å². The molecule has 0 saturated carbocycles. The van der Waals surface area contributed by atoms with Gasteiger partial charge in [0.25, 0.3) is 0 Å². The van der Waals surface area contributed by atoms with Gasteiger partial charge in [0.2, 0.25) is 23.5 Å². The predicted octanol–water partition coefficient (Wildman–Crippen LogP) is 35.0. The molecular weight excluding hydrogens is 1760 g/mol. The number of hydrogen-bond acceptors (Lipinski definition) is 12. The minimum atomic E-state index is 0.121. The summed E-state index contributed by atoms with van der Waals surface area (Å²) in [6, 6.07) is 109. The number of anilines is 15. The van der Waals surface area contributed by atoms with Crippen molar-refractivity contribution in [2.24, 2.45) is 10.2 Å². The summed E-state index contributed by atoms with van der Waals surface area (Å²) in [5, 5.41) is 14.9. The topological polar surface area (TPSA) is 107 Å². The van der Waals surface area contributed by atoms with E-state index in [4.69, 9.17) is 22.1 Å². The summed E-state index contributed by atoms with van der Waals surface area (Å²) >= 11 is 0.217. The maximum atomic E-state index is 6.52. The predicted molar refractivity (Wildman–Crippen MR) is 577 cm³/mol. The first-order valence-corrected chi connectivity index (χ1v) is 49.6. The Morgan fingerprint density at radius 1 is 0.275 bits per heavy atom. The molecule has 13 heteroatoms. The Labute approximate surface area is 815 Å². The third-order valence-corrected chi connectivity index (χ3v) is 29.8. The van der Waals surface area contributed by atoms with Crippen molar-refractivity contribution < 1.29 is 22.1 Å². The Morgan fingerprint density at radius 3 is 1.20 bits per heavy atom. The summed E-state index contributed by atoms with van der Waals surface area (Å²) < 4.78 is 34.9. The molecule has 0 fully saturated rings. The van der Waals surface area contributed by atoms with Crippen LogP contribution < -0.4 is 33.4 Å². The zero-order valence-corrected chi connectivity index (χ0v) is 83.5. The molecule has 12 nitrogen and oxygen atoms in total. The van der Waals surface area contributed by atoms with Gasteiger partial charge in [-0.25, -0.2) is 0 Å². The second kappa shape index (κ2) is 35.8. The number of hydrogen-bond donors (Lipinski definition) is 0. The average Bonchev–Trinajstić information content (AvgIpc) is 1.52. The maximum absolute atomic E-state index is 6.52. The summed E-state index contributed by atoms with van der Waals surface area (Å²) in [5.41, 5.74) is 43.4. The van der Waals surface area contributed by atoms with Crippen LogP contribution >= 0.6 is 0 Å². The Kier molecular flexibility index (Phi) is 23.2. The molecule has 0 spiro atoms. The molecule has 15 aromatic carbocycles. The van der Waals surface area contributed by atoms with Gasteiger partial charge in [0, 0.05) is 39.3 Å². The Balaban J connectivity index is 0.000000103. The van der Waals surface area contributed by atoms with Crippen LogP contribution in [0.1, 0.15) is 153 Å². The van der Waals surface area contributed by atoms with Crippen LogP contribution in [0.15, 0.2) is 342 Å². The molecule has 20 aromatic rings. The summed E-state index contributed by atoms with van der Waals surface area (Å²) in [6.45, 7) is 39.6. The zero-order chi connectivity index (χ0) is 95.4. The van der Waals surface area contributed by atoms with Gasteiger partial charge in [-0.05, 0) is 234 Å². The number of fused-ring (bicyclic) bond motifs is 20. The fourth-order valence-electron chi connectivity index (χ4n) is 20.3. The minimum absolute atomic E-state index is 0.121. The van der Waals surface area contributed by atoms with Crippen molar-refractivity contribution in [2.45, 2.75) is 155 Å². The van der Waals surface area contributed by atoms with Gasteiger partial charge in [-0.1, -0.05) is 207 Å². The van der Waals surface area contributed by atoms with Crippen molar-refractivity contribution in [1.82, 2.24) is 0 Å². The molecule has 0 N–H and O–H groups in total. The Hall–Kier alpha value is -15.1. The SMILES string of the molecule is Cc1ccc2oc3c(c2c1)C=Cc1ccccc1N3c1ccccc1C.Cc1ccc2oc3c(c2c1)CCc1ccccc1N3c1ccccc1C.Cc1ccc2oc3c(c2c1)Cc1ccccc1N3c1c(C)cc(C(C)(C)C)cc1C.Cc1ccc2oc3c(c2c1)N=Nc1ccccc1N3c1ccccc1C.Cc1ccc2oc3c(c2c1)[Se]c1ccccc1N3c1c(C)cc(C(C)(C)C)cc1C. The van der Waals surface area contributed by atoms with Crippen LogP contribution in [0.4, 0.5) is 97.7 Å². The van der Waals surface area contributed by atoms with Crippen molar-refractivity contribution >= 4 is 189 Å². The van der Waals surface area contributed by atoms with Crippen LogP contribution in [-0.2, 0) is 30.1 Å². The van der Waals surface area contributed by atoms with Gasteiger partial charge in [-0.3, -0.25) is 19.6 Å². The number of nitrogens with zero attached hydrogens (tertiary/aromatic N) is 7. The van der Waals surface area contributed by atoms with Gasteiger partial charge in [0.05, 0.1) is 50.9 Å². The summed E-state index contributed by atoms with van der Waals surface area (Å²) in [4.78, 5) is 11.4. The molecular formula is C125H113N7O5Se. The summed E-state index contributed by atoms with van der Waals surface area (Å²) in [6.07, 6.45) is 7.28. The standard InChI is InChI=1S/C28H29NO.C27H27NOSe.C24H21NO.C24H19NO.C22H17N3O/c1-17-11-12-25-22(13-17)23-16-20-9-7-8-10-24(20)29(27(23)30-25)26-18(2)14-21(15-19(26)3)28(4,5)6;1-16-11-12-22-20(13-16)25-26(29-22)28(21-9-7-8-10-23(21)30-25)24-17(2)14-19(15-18(24)3)27(4,5)6;2*1-16-11-14-23-20(15-16)19-13-12-18-8-4-6-10-22(18)25(24(19)26-23)21-9-5-3-7-17(21)2;1-14-11-12-20-16(13-14)21-22(26-20)25(18-9-5-3-7-15(18)2)19-10-6-4-8-17(19)23-24-21/h7-15H,16H2,1-6H3;7-15H,1-6H3;3-11,14-15H,12-13H2,1-2H3;3-15H,1-2H3;3-13H,1-2H3. The third-order valence-electron chi connectivity index (χ3n) is 27.3. The molecule has 138 heavy (non-hydrogen) atoms. The quantitative estimate of drug-likeness (QED) is 0.155. The molecule has 0 unspecified atom stereocenters. The van der Waals surface area contributed by atoms with Gasteiger partial charge in [-0.15, -0.1) is 10.2 Å². The van der Waals surface area contributed by atoms with Gasteiger partial charge in [0.15, 0.2) is 5.69 Å². The summed E-state index contributed by atoms with van der Waals surface area (Å²) in [7, 11) is 0. The molecule has 0 bridgehead atoms. The van der Waals surface area contributed by atoms with Gasteiger partial charge < -0.3 is 17.7 Å². The van der Waals surface area contributed by atoms with Crippen LogP contribution in [0, 0.1) is 83.1 Å². The first-order chi connectivity index (χ1) is 66.6. The van der Waals surface area contributed by atoms with Crippen LogP contribution in [-0.4, -0.2) is 15.0 Å². The van der Waals surface area contributed by atoms with Gasteiger partial charge in [-0.2, -0.15) is 0 Å². The number of benzene rings is 15. The normalized spacial score (nSPS) is 13.2. The fraction of sp³-hybridized carbons (Fsp3) is 0.184. The average molecular weight is 1870 g/mol. The molecule has 0 amide bonds. The van der Waals surface area contributed by atoms with Crippen molar-refractivity contribution in [3.63, 3.8) is 0 Å². The van der Waals surface area contributed by atoms with Gasteiger partial charge >= 0.3 is 185 Å². The van der Waals surface area contributed by atoms with Crippen molar-refractivity contribution in [1.29, 1.82) is 0 Å². The van der Waals surface area contributed by atoms with Gasteiger partial charge in [0.1, 0.15) is 28.0 Å². The first kappa shape index (κ1) is 89.4. The van der Waals surface area contributed by atoms with E-state index in [2.05, 4.69) is 432 Å². The molecule has 5 aliphatic heterocycles. The molecule has 0 saturated heterocycles. The number of azo groups is 1. The molecule has 10 heterocycles. The molecule has 25 rings (SSSR count). The fourth-order valence-corrected chi connectivity index (χ4v) is 22.6. The molecule has 0 radical (unpaired) electrons. The Bertz CT molecular complexity index is 7780. The van der Waals surface area contributed by atoms with E-state index in [9.17, 15) is 0 Å². The molecule has 0 atom stereocenters. The molecule has 5 aromatic heterocycles. The molecule has 0 aliphatic carbocycles. The van der Waals surface area contributed by atoms with Crippen LogP contribution in [0.5, 0.6) is 0 Å². The van der Waals surface area contributed by atoms with E-state index < -0.39 is 0 Å². The van der Waals surface area contributed by atoms with Crippen LogP contribution in [0.2, 0.25) is 0 Å². The van der Waals surface area contributed by atoms with Crippen LogP contribution in [0.25, 0.3) is 67.0 Å². The van der Waals surface area contributed by atoms with E-state index in [0.29, 0.717) is 5.88 Å². The number of furan rings is 5. The van der Waals surface area contributed by atoms with E-state index in [-0.39, 0.29) is 25.8 Å². The number of para-hydroxylation sites is 8. The second-order valence-corrected chi connectivity index (χ2v) is 41.8. The van der Waals surface area contributed by atoms with E-state index in [1.165, 1.54) is 159 Å². The third kappa shape index (κ3) is 16.5. The van der Waals surface area contributed by atoms with E-state index in [1.807, 2.05) is 48.5 Å². The molecule has 684 valence electrons. The zero-order valence-electron chi connectivity index (χ0n) is 81.8. The first-order valence-electron chi connectivity index (χ1n) is 47.9. The van der Waals surface area contributed by atoms with E-state index in [0.717, 1.165) is 127 Å². The van der Waals surface area contributed by atoms with Crippen molar-refractivity contribution in [2.75, 3.05) is 24.5 Å². The second-order valence-electron chi connectivity index (χ2n) is 39.6. The number of rotatable bonds is 5. The number of aryl methyl sites for hydroxylation is 14. The summed E-state index contributed by atoms with van der Waals surface area (Å²) in [5.74, 6) is 4.49.